The third-order valence-corrected chi connectivity index (χ3v) is 13.4. The normalized spacial score (nSPS) is 15.5. The second-order valence-electron chi connectivity index (χ2n) is 17.7. The number of hydrogen-bond acceptors (Lipinski definition) is 13. The summed E-state index contributed by atoms with van der Waals surface area (Å²) in [5, 5.41) is 4.21. The molecule has 0 unspecified atom stereocenters. The van der Waals surface area contributed by atoms with Crippen LogP contribution >= 0.6 is 0 Å². The summed E-state index contributed by atoms with van der Waals surface area (Å²) in [5.74, 6) is 4.83. The number of methoxy groups -OCH3 is 2. The Bertz CT molecular complexity index is 2780. The molecular formula is C59H70N2O11. The lowest BCUT2D eigenvalue weighted by Crippen LogP contribution is -2.36. The predicted molar refractivity (Wildman–Crippen MR) is 283 cm³/mol. The van der Waals surface area contributed by atoms with E-state index in [2.05, 4.69) is 64.9 Å². The van der Waals surface area contributed by atoms with E-state index in [4.69, 9.17) is 47.4 Å². The van der Waals surface area contributed by atoms with Crippen LogP contribution in [-0.4, -0.2) is 116 Å². The second-order valence-corrected chi connectivity index (χ2v) is 17.7. The highest BCUT2D eigenvalue weighted by Crippen LogP contribution is 2.47. The van der Waals surface area contributed by atoms with Gasteiger partial charge < -0.3 is 47.4 Å². The first-order chi connectivity index (χ1) is 35.4. The number of cyclic esters (lactones) is 1. The van der Waals surface area contributed by atoms with Gasteiger partial charge in [-0.3, -0.25) is 9.80 Å². The van der Waals surface area contributed by atoms with E-state index in [1.54, 1.807) is 14.2 Å². The van der Waals surface area contributed by atoms with Gasteiger partial charge in [0.2, 0.25) is 13.6 Å². The van der Waals surface area contributed by atoms with Gasteiger partial charge in [-0.1, -0.05) is 62.4 Å². The maximum Gasteiger partial charge on any atom is 0.339 e. The number of ether oxygens (including phenoxy) is 10. The third-order valence-electron chi connectivity index (χ3n) is 13.4. The Morgan fingerprint density at radius 2 is 1.15 bits per heavy atom. The molecule has 0 radical (unpaired) electrons. The van der Waals surface area contributed by atoms with Crippen LogP contribution in [0.4, 0.5) is 0 Å². The Hall–Kier alpha value is -6.51. The van der Waals surface area contributed by atoms with Gasteiger partial charge in [0.25, 0.3) is 0 Å². The summed E-state index contributed by atoms with van der Waals surface area (Å²) >= 11 is 0. The molecule has 0 spiro atoms. The van der Waals surface area contributed by atoms with Gasteiger partial charge in [-0.25, -0.2) is 4.79 Å². The van der Waals surface area contributed by atoms with Crippen LogP contribution in [0, 0.1) is 6.92 Å². The maximum atomic E-state index is 12.6. The minimum Gasteiger partial charge on any atom is -0.493 e. The Morgan fingerprint density at radius 1 is 0.583 bits per heavy atom. The lowest BCUT2D eigenvalue weighted by Gasteiger charge is -2.26. The summed E-state index contributed by atoms with van der Waals surface area (Å²) in [7, 11) is 3.20. The average molecular weight is 983 g/mol. The van der Waals surface area contributed by atoms with E-state index < -0.39 is 0 Å². The molecule has 6 aromatic carbocycles. The number of esters is 1. The van der Waals surface area contributed by atoms with Crippen molar-refractivity contribution in [2.45, 2.75) is 59.5 Å². The molecule has 0 amide bonds. The SMILES string of the molecule is C=CCCCCN1CCOCC1.CC.COc1cc2c(C)c3c(c(-c4ccc5c(c4)OCO5)c2cc1OC)C(=O)OC3.c1ccc2c(-c3ccc4c(c3)OCO4)ccc(OCCCCN3CCOCC3)c2c1. The summed E-state index contributed by atoms with van der Waals surface area (Å²) in [4.78, 5) is 17.6. The van der Waals surface area contributed by atoms with Crippen molar-refractivity contribution in [1.82, 2.24) is 9.80 Å². The Morgan fingerprint density at radius 3 is 1.78 bits per heavy atom. The van der Waals surface area contributed by atoms with Crippen LogP contribution in [0.3, 0.4) is 0 Å². The lowest BCUT2D eigenvalue weighted by atomic mass is 9.87. The van der Waals surface area contributed by atoms with E-state index in [1.807, 2.05) is 63.2 Å². The van der Waals surface area contributed by atoms with Gasteiger partial charge in [-0.05, 0) is 133 Å². The van der Waals surface area contributed by atoms with Crippen LogP contribution in [0.1, 0.15) is 67.4 Å². The molecule has 13 heteroatoms. The summed E-state index contributed by atoms with van der Waals surface area (Å²) < 4.78 is 55.2. The fraction of sp³-hybridized carbons (Fsp3) is 0.407. The van der Waals surface area contributed by atoms with Gasteiger partial charge in [0.15, 0.2) is 34.5 Å². The van der Waals surface area contributed by atoms with E-state index in [1.165, 1.54) is 30.3 Å². The minimum atomic E-state index is -0.317. The van der Waals surface area contributed by atoms with E-state index in [-0.39, 0.29) is 26.2 Å². The largest absolute Gasteiger partial charge is 0.493 e. The third kappa shape index (κ3) is 12.2. The van der Waals surface area contributed by atoms with Crippen molar-refractivity contribution in [2.24, 2.45) is 0 Å². The number of benzene rings is 6. The molecule has 382 valence electrons. The van der Waals surface area contributed by atoms with Gasteiger partial charge in [-0.15, -0.1) is 6.58 Å². The highest BCUT2D eigenvalue weighted by molar-refractivity contribution is 6.12. The van der Waals surface area contributed by atoms with Crippen molar-refractivity contribution < 1.29 is 52.2 Å². The summed E-state index contributed by atoms with van der Waals surface area (Å²) in [5.41, 5.74) is 6.44. The molecule has 0 bridgehead atoms. The number of hydrogen-bond donors (Lipinski definition) is 0. The molecule has 0 N–H and O–H groups in total. The standard InChI is InChI=1S/C25H27NO4.C22H18O6.C10H19NO.C2H6/c1-2-6-22-21(5-1)20(19-7-9-24-25(17-19)30-18-29-24)8-10-23(22)28-14-4-3-11-26-12-15-27-16-13-26;1-11-13-7-17(24-2)18(25-3)8-14(13)20(21-15(11)9-26-22(21)23)12-4-5-16-19(6-12)28-10-27-16;1-2-3-4-5-6-11-7-9-12-10-8-11;1-2/h1-2,5-10,17H,3-4,11-16,18H2;4-8H,9-10H2,1-3H3;2H,1,3-10H2;1-2H3. The molecule has 0 saturated carbocycles. The molecule has 5 aliphatic rings. The van der Waals surface area contributed by atoms with Gasteiger partial charge in [0.1, 0.15) is 12.4 Å². The van der Waals surface area contributed by atoms with Crippen LogP contribution in [-0.2, 0) is 20.8 Å². The Balaban J connectivity index is 0.000000154. The van der Waals surface area contributed by atoms with E-state index in [0.29, 0.717) is 28.6 Å². The number of nitrogens with zero attached hydrogens (tertiary/aromatic N) is 2. The predicted octanol–water partition coefficient (Wildman–Crippen LogP) is 11.7. The van der Waals surface area contributed by atoms with Crippen molar-refractivity contribution in [3.63, 3.8) is 0 Å². The molecule has 2 fully saturated rings. The van der Waals surface area contributed by atoms with Crippen LogP contribution in [0.2, 0.25) is 0 Å². The smallest absolute Gasteiger partial charge is 0.339 e. The monoisotopic (exact) mass is 982 g/mol. The van der Waals surface area contributed by atoms with Crippen LogP contribution in [0.15, 0.2) is 97.6 Å². The van der Waals surface area contributed by atoms with Gasteiger partial charge in [-0.2, -0.15) is 0 Å². The summed E-state index contributed by atoms with van der Waals surface area (Å²) in [6, 6.07) is 28.3. The Labute approximate surface area is 424 Å². The molecule has 0 aliphatic carbocycles. The molecule has 0 atom stereocenters. The van der Waals surface area contributed by atoms with Crippen molar-refractivity contribution >= 4 is 27.5 Å². The van der Waals surface area contributed by atoms with Crippen LogP contribution in [0.5, 0.6) is 40.2 Å². The maximum absolute atomic E-state index is 12.6. The van der Waals surface area contributed by atoms with E-state index >= 15 is 0 Å². The number of fused-ring (bicyclic) bond motifs is 5. The zero-order chi connectivity index (χ0) is 50.2. The van der Waals surface area contributed by atoms with Gasteiger partial charge in [0.05, 0.1) is 52.8 Å². The number of morpholine rings is 2. The molecule has 0 aromatic heterocycles. The topological polar surface area (TPSA) is 116 Å². The minimum absolute atomic E-state index is 0.193. The average Bonchev–Trinajstić information content (AvgIpc) is 4.21. The molecule has 72 heavy (non-hydrogen) atoms. The van der Waals surface area contributed by atoms with Gasteiger partial charge >= 0.3 is 5.97 Å². The first-order valence-corrected chi connectivity index (χ1v) is 25.5. The highest BCUT2D eigenvalue weighted by Gasteiger charge is 2.31. The molecular weight excluding hydrogens is 913 g/mol. The number of aryl methyl sites for hydroxylation is 1. The molecule has 5 heterocycles. The highest BCUT2D eigenvalue weighted by atomic mass is 16.7. The number of allylic oxidation sites excluding steroid dienone is 1. The fourth-order valence-corrected chi connectivity index (χ4v) is 9.61. The first-order valence-electron chi connectivity index (χ1n) is 25.5. The summed E-state index contributed by atoms with van der Waals surface area (Å²) in [6.45, 7) is 21.4. The number of carbonyl (C=O) groups excluding carboxylic acids is 1. The molecule has 2 saturated heterocycles. The van der Waals surface area contributed by atoms with Crippen LogP contribution < -0.4 is 33.2 Å². The first kappa shape index (κ1) is 51.8. The molecule has 5 aliphatic heterocycles. The fourth-order valence-electron chi connectivity index (χ4n) is 9.61. The van der Waals surface area contributed by atoms with E-state index in [9.17, 15) is 4.79 Å². The molecule has 13 nitrogen and oxygen atoms in total. The quantitative estimate of drug-likeness (QED) is 0.0553. The van der Waals surface area contributed by atoms with E-state index in [0.717, 1.165) is 146 Å². The van der Waals surface area contributed by atoms with Crippen molar-refractivity contribution in [2.75, 3.05) is 100 Å². The number of rotatable bonds is 15. The molecule has 11 rings (SSSR count). The number of carbonyl (C=O) groups is 1. The van der Waals surface area contributed by atoms with Crippen molar-refractivity contribution in [1.29, 1.82) is 0 Å². The molecule has 6 aromatic rings. The second kappa shape index (κ2) is 25.7. The zero-order valence-electron chi connectivity index (χ0n) is 42.7. The van der Waals surface area contributed by atoms with Crippen molar-refractivity contribution in [3.05, 3.63) is 114 Å². The number of unbranched alkanes of at least 4 members (excludes halogenated alkanes) is 3. The van der Waals surface area contributed by atoms with Crippen LogP contribution in [0.25, 0.3) is 43.8 Å². The van der Waals surface area contributed by atoms with Crippen molar-refractivity contribution in [3.8, 4) is 62.5 Å². The summed E-state index contributed by atoms with van der Waals surface area (Å²) in [6.07, 6.45) is 7.93. The Kier molecular flexibility index (Phi) is 18.5. The zero-order valence-corrected chi connectivity index (χ0v) is 42.7. The lowest BCUT2D eigenvalue weighted by molar-refractivity contribution is 0.0368. The van der Waals surface area contributed by atoms with Gasteiger partial charge in [0, 0.05) is 42.7 Å².